The van der Waals surface area contributed by atoms with E-state index in [-0.39, 0.29) is 31.0 Å². The first-order valence-electron chi connectivity index (χ1n) is 8.13. The van der Waals surface area contributed by atoms with Crippen molar-refractivity contribution in [3.63, 3.8) is 0 Å². The summed E-state index contributed by atoms with van der Waals surface area (Å²) in [6.07, 6.45) is 5.83. The average molecular weight is 356 g/mol. The molecule has 0 aromatic heterocycles. The van der Waals surface area contributed by atoms with Crippen LogP contribution in [0.2, 0.25) is 0 Å². The minimum atomic E-state index is -0.581. The van der Waals surface area contributed by atoms with E-state index in [4.69, 9.17) is 16.2 Å². The number of ether oxygens (including phenoxy) is 1. The summed E-state index contributed by atoms with van der Waals surface area (Å²) in [7, 11) is 0. The van der Waals surface area contributed by atoms with Gasteiger partial charge in [-0.05, 0) is 30.9 Å². The molecular formula is C17H26ClN3O3. The Balaban J connectivity index is 0.00000288. The summed E-state index contributed by atoms with van der Waals surface area (Å²) in [5, 5.41) is 3.02. The van der Waals surface area contributed by atoms with Crippen LogP contribution in [0.5, 0.6) is 5.75 Å². The van der Waals surface area contributed by atoms with Gasteiger partial charge in [0.2, 0.25) is 0 Å². The lowest BCUT2D eigenvalue weighted by Gasteiger charge is -2.30. The average Bonchev–Trinajstić information content (AvgIpc) is 2.58. The summed E-state index contributed by atoms with van der Waals surface area (Å²) in [6, 6.07) is 6.78. The van der Waals surface area contributed by atoms with Crippen molar-refractivity contribution in [2.45, 2.75) is 38.1 Å². The van der Waals surface area contributed by atoms with Crippen LogP contribution in [0.3, 0.4) is 0 Å². The number of benzene rings is 1. The zero-order valence-electron chi connectivity index (χ0n) is 13.7. The molecule has 134 valence electrons. The summed E-state index contributed by atoms with van der Waals surface area (Å²) in [5.41, 5.74) is 11.3. The maximum absolute atomic E-state index is 12.6. The highest BCUT2D eigenvalue weighted by atomic mass is 35.5. The van der Waals surface area contributed by atoms with Gasteiger partial charge in [-0.15, -0.1) is 12.4 Å². The van der Waals surface area contributed by atoms with Crippen LogP contribution in [0.15, 0.2) is 24.3 Å². The molecule has 0 aliphatic heterocycles. The topological polar surface area (TPSA) is 107 Å². The van der Waals surface area contributed by atoms with Gasteiger partial charge in [0.1, 0.15) is 5.75 Å². The van der Waals surface area contributed by atoms with Gasteiger partial charge in [0.15, 0.2) is 6.61 Å². The largest absolute Gasteiger partial charge is 0.483 e. The van der Waals surface area contributed by atoms with Crippen molar-refractivity contribution in [2.24, 2.45) is 17.4 Å². The molecule has 1 fully saturated rings. The quantitative estimate of drug-likeness (QED) is 0.690. The van der Waals surface area contributed by atoms with E-state index in [1.807, 2.05) is 0 Å². The molecule has 24 heavy (non-hydrogen) atoms. The summed E-state index contributed by atoms with van der Waals surface area (Å²) >= 11 is 0. The summed E-state index contributed by atoms with van der Waals surface area (Å²) in [4.78, 5) is 23.4. The van der Waals surface area contributed by atoms with E-state index in [9.17, 15) is 9.59 Å². The van der Waals surface area contributed by atoms with Crippen molar-refractivity contribution < 1.29 is 14.3 Å². The van der Waals surface area contributed by atoms with Crippen LogP contribution in [0.4, 0.5) is 0 Å². The molecule has 1 saturated carbocycles. The van der Waals surface area contributed by atoms with E-state index >= 15 is 0 Å². The molecule has 6 nitrogen and oxygen atoms in total. The molecule has 0 heterocycles. The predicted molar refractivity (Wildman–Crippen MR) is 95.3 cm³/mol. The first-order chi connectivity index (χ1) is 11.1. The highest BCUT2D eigenvalue weighted by molar-refractivity contribution is 5.97. The van der Waals surface area contributed by atoms with Gasteiger partial charge in [-0.25, -0.2) is 0 Å². The maximum atomic E-state index is 12.6. The van der Waals surface area contributed by atoms with Gasteiger partial charge < -0.3 is 21.5 Å². The molecule has 2 rings (SSSR count). The zero-order valence-corrected chi connectivity index (χ0v) is 14.5. The molecule has 1 aromatic carbocycles. The Labute approximate surface area is 148 Å². The highest BCUT2D eigenvalue weighted by Gasteiger charge is 2.25. The van der Waals surface area contributed by atoms with Crippen LogP contribution in [0.25, 0.3) is 0 Å². The second kappa shape index (κ2) is 10.2. The third-order valence-corrected chi connectivity index (χ3v) is 4.29. The van der Waals surface area contributed by atoms with Crippen LogP contribution in [0.1, 0.15) is 42.5 Å². The van der Waals surface area contributed by atoms with E-state index in [1.165, 1.54) is 19.3 Å². The minimum Gasteiger partial charge on any atom is -0.483 e. The van der Waals surface area contributed by atoms with Gasteiger partial charge in [0, 0.05) is 12.6 Å². The molecule has 1 unspecified atom stereocenters. The van der Waals surface area contributed by atoms with Gasteiger partial charge in [-0.2, -0.15) is 0 Å². The molecule has 1 aromatic rings. The Hall–Kier alpha value is -1.79. The van der Waals surface area contributed by atoms with Gasteiger partial charge in [-0.1, -0.05) is 31.4 Å². The maximum Gasteiger partial charge on any atom is 0.255 e. The Morgan fingerprint density at radius 3 is 2.50 bits per heavy atom. The van der Waals surface area contributed by atoms with Gasteiger partial charge in [0.25, 0.3) is 11.8 Å². The van der Waals surface area contributed by atoms with Gasteiger partial charge in [-0.3, -0.25) is 9.59 Å². The molecule has 0 radical (unpaired) electrons. The van der Waals surface area contributed by atoms with Crippen molar-refractivity contribution >= 4 is 24.2 Å². The van der Waals surface area contributed by atoms with E-state index in [1.54, 1.807) is 24.3 Å². The summed E-state index contributed by atoms with van der Waals surface area (Å²) in [5.74, 6) is -0.0343. The fourth-order valence-corrected chi connectivity index (χ4v) is 3.08. The molecule has 1 aliphatic rings. The summed E-state index contributed by atoms with van der Waals surface area (Å²) in [6.45, 7) is 0.161. The molecule has 7 heteroatoms. The summed E-state index contributed by atoms with van der Waals surface area (Å²) < 4.78 is 5.31. The van der Waals surface area contributed by atoms with Crippen molar-refractivity contribution in [1.29, 1.82) is 0 Å². The van der Waals surface area contributed by atoms with Crippen LogP contribution >= 0.6 is 12.4 Å². The van der Waals surface area contributed by atoms with E-state index in [2.05, 4.69) is 5.32 Å². The van der Waals surface area contributed by atoms with Crippen molar-refractivity contribution in [1.82, 2.24) is 5.32 Å². The fraction of sp³-hybridized carbons (Fsp3) is 0.529. The third kappa shape index (κ3) is 5.69. The number of para-hydroxylation sites is 1. The molecule has 0 bridgehead atoms. The lowest BCUT2D eigenvalue weighted by atomic mass is 9.84. The lowest BCUT2D eigenvalue weighted by molar-refractivity contribution is -0.119. The van der Waals surface area contributed by atoms with Gasteiger partial charge >= 0.3 is 0 Å². The van der Waals surface area contributed by atoms with Crippen LogP contribution in [-0.2, 0) is 4.79 Å². The SMILES string of the molecule is Cl.NCC(NC(=O)c1ccccc1OCC(N)=O)C1CCCCC1. The minimum absolute atomic E-state index is 0. The third-order valence-electron chi connectivity index (χ3n) is 4.29. The number of amides is 2. The normalized spacial score (nSPS) is 15.9. The Kier molecular flexibility index (Phi) is 8.57. The predicted octanol–water partition coefficient (Wildman–Crippen LogP) is 1.61. The standard InChI is InChI=1S/C17H25N3O3.ClH/c18-10-14(12-6-2-1-3-7-12)20-17(22)13-8-4-5-9-15(13)23-11-16(19)21;/h4-5,8-9,12,14H,1-3,6-7,10-11,18H2,(H2,19,21)(H,20,22);1H. The van der Waals surface area contributed by atoms with E-state index in [0.29, 0.717) is 23.8 Å². The lowest BCUT2D eigenvalue weighted by Crippen LogP contribution is -2.46. The highest BCUT2D eigenvalue weighted by Crippen LogP contribution is 2.27. The number of rotatable bonds is 7. The molecule has 1 atom stereocenters. The number of carbonyl (C=O) groups excluding carboxylic acids is 2. The molecular weight excluding hydrogens is 330 g/mol. The number of carbonyl (C=O) groups is 2. The molecule has 0 spiro atoms. The number of hydrogen-bond donors (Lipinski definition) is 3. The van der Waals surface area contributed by atoms with Crippen LogP contribution < -0.4 is 21.5 Å². The molecule has 2 amide bonds. The monoisotopic (exact) mass is 355 g/mol. The first kappa shape index (κ1) is 20.3. The Morgan fingerprint density at radius 1 is 1.21 bits per heavy atom. The van der Waals surface area contributed by atoms with Crippen molar-refractivity contribution in [3.05, 3.63) is 29.8 Å². The van der Waals surface area contributed by atoms with Gasteiger partial charge in [0.05, 0.1) is 5.56 Å². The van der Waals surface area contributed by atoms with Crippen LogP contribution in [-0.4, -0.2) is 31.0 Å². The van der Waals surface area contributed by atoms with E-state index < -0.39 is 5.91 Å². The smallest absolute Gasteiger partial charge is 0.255 e. The number of hydrogen-bond acceptors (Lipinski definition) is 4. The second-order valence-corrected chi connectivity index (χ2v) is 5.96. The van der Waals surface area contributed by atoms with E-state index in [0.717, 1.165) is 12.8 Å². The fourth-order valence-electron chi connectivity index (χ4n) is 3.08. The number of nitrogens with two attached hydrogens (primary N) is 2. The van der Waals surface area contributed by atoms with Crippen molar-refractivity contribution in [3.8, 4) is 5.75 Å². The first-order valence-corrected chi connectivity index (χ1v) is 8.13. The number of primary amides is 1. The zero-order chi connectivity index (χ0) is 16.7. The van der Waals surface area contributed by atoms with Crippen LogP contribution in [0, 0.1) is 5.92 Å². The Bertz CT molecular complexity index is 548. The van der Waals surface area contributed by atoms with Crippen molar-refractivity contribution in [2.75, 3.05) is 13.2 Å². The molecule has 0 saturated heterocycles. The molecule has 1 aliphatic carbocycles. The Morgan fingerprint density at radius 2 is 1.88 bits per heavy atom. The number of nitrogens with one attached hydrogen (secondary N) is 1. The molecule has 5 N–H and O–H groups in total. The number of halogens is 1. The second-order valence-electron chi connectivity index (χ2n) is 5.96.